The van der Waals surface area contributed by atoms with Gasteiger partial charge in [0.05, 0.1) is 6.10 Å². The lowest BCUT2D eigenvalue weighted by Crippen LogP contribution is -2.48. The van der Waals surface area contributed by atoms with Crippen LogP contribution in [0.3, 0.4) is 0 Å². The van der Waals surface area contributed by atoms with Crippen molar-refractivity contribution in [3.8, 4) is 0 Å². The molecule has 1 saturated heterocycles. The molecule has 2 fully saturated rings. The molecule has 19 heavy (non-hydrogen) atoms. The molecule has 3 heteroatoms. The number of β-amino-alcohol motifs (C(OH)–C–C–N with tert-alkyl or cyclic N) is 1. The molecule has 0 radical (unpaired) electrons. The summed E-state index contributed by atoms with van der Waals surface area (Å²) in [5.41, 5.74) is 0. The molecule has 2 rings (SSSR count). The number of aliphatic hydroxyl groups is 1. The predicted molar refractivity (Wildman–Crippen MR) is 80.3 cm³/mol. The van der Waals surface area contributed by atoms with E-state index in [9.17, 15) is 5.11 Å². The minimum absolute atomic E-state index is 0.114. The highest BCUT2D eigenvalue weighted by atomic mass is 16.3. The summed E-state index contributed by atoms with van der Waals surface area (Å²) in [4.78, 5) is 2.50. The first kappa shape index (κ1) is 15.3. The lowest BCUT2D eigenvalue weighted by atomic mass is 9.91. The Hall–Kier alpha value is -0.120. The summed E-state index contributed by atoms with van der Waals surface area (Å²) in [5.74, 6) is 1.26. The lowest BCUT2D eigenvalue weighted by molar-refractivity contribution is 0.0197. The van der Waals surface area contributed by atoms with Crippen LogP contribution in [-0.2, 0) is 0 Å². The van der Waals surface area contributed by atoms with Crippen LogP contribution >= 0.6 is 0 Å². The van der Waals surface area contributed by atoms with Crippen LogP contribution in [0.1, 0.15) is 52.4 Å². The maximum atomic E-state index is 10.0. The van der Waals surface area contributed by atoms with Crippen LogP contribution in [0.2, 0.25) is 0 Å². The highest BCUT2D eigenvalue weighted by Crippen LogP contribution is 2.26. The van der Waals surface area contributed by atoms with E-state index in [1.165, 1.54) is 45.2 Å². The number of rotatable bonds is 4. The van der Waals surface area contributed by atoms with E-state index >= 15 is 0 Å². The zero-order valence-corrected chi connectivity index (χ0v) is 12.8. The molecule has 3 nitrogen and oxygen atoms in total. The first-order chi connectivity index (χ1) is 9.20. The standard InChI is InChI=1S/C16H32N2O/c1-3-17-15-8-6-4-5-7-14(15)11-18-10-9-13(2)16(19)12-18/h13-17,19H,3-12H2,1-2H3. The molecule has 0 aromatic rings. The first-order valence-corrected chi connectivity index (χ1v) is 8.34. The van der Waals surface area contributed by atoms with E-state index in [0.29, 0.717) is 12.0 Å². The molecule has 0 aromatic heterocycles. The molecular formula is C16H32N2O. The van der Waals surface area contributed by atoms with Gasteiger partial charge in [-0.3, -0.25) is 0 Å². The smallest absolute Gasteiger partial charge is 0.0693 e. The minimum atomic E-state index is -0.114. The summed E-state index contributed by atoms with van der Waals surface area (Å²) in [6.07, 6.45) is 7.91. The van der Waals surface area contributed by atoms with Gasteiger partial charge < -0.3 is 15.3 Å². The molecule has 4 atom stereocenters. The molecule has 1 heterocycles. The molecule has 4 unspecified atom stereocenters. The average molecular weight is 268 g/mol. The number of hydrogen-bond acceptors (Lipinski definition) is 3. The Morgan fingerprint density at radius 1 is 1.16 bits per heavy atom. The van der Waals surface area contributed by atoms with Crippen molar-refractivity contribution in [3.05, 3.63) is 0 Å². The van der Waals surface area contributed by atoms with Crippen molar-refractivity contribution in [1.82, 2.24) is 10.2 Å². The van der Waals surface area contributed by atoms with E-state index in [1.54, 1.807) is 0 Å². The third-order valence-electron chi connectivity index (χ3n) is 5.12. The normalized spacial score (nSPS) is 38.1. The van der Waals surface area contributed by atoms with E-state index in [0.717, 1.165) is 25.4 Å². The van der Waals surface area contributed by atoms with E-state index < -0.39 is 0 Å². The van der Waals surface area contributed by atoms with Crippen molar-refractivity contribution in [1.29, 1.82) is 0 Å². The maximum Gasteiger partial charge on any atom is 0.0693 e. The summed E-state index contributed by atoms with van der Waals surface area (Å²) in [6.45, 7) is 8.72. The van der Waals surface area contributed by atoms with Crippen LogP contribution in [-0.4, -0.2) is 48.3 Å². The molecule has 1 aliphatic heterocycles. The highest BCUT2D eigenvalue weighted by molar-refractivity contribution is 4.84. The van der Waals surface area contributed by atoms with E-state index in [-0.39, 0.29) is 6.10 Å². The molecular weight excluding hydrogens is 236 g/mol. The summed E-state index contributed by atoms with van der Waals surface area (Å²) in [7, 11) is 0. The monoisotopic (exact) mass is 268 g/mol. The van der Waals surface area contributed by atoms with Gasteiger partial charge in [-0.1, -0.05) is 33.1 Å². The van der Waals surface area contributed by atoms with Gasteiger partial charge in [0.15, 0.2) is 0 Å². The molecule has 2 N–H and O–H groups in total. The second-order valence-corrected chi connectivity index (χ2v) is 6.66. The minimum Gasteiger partial charge on any atom is -0.392 e. The second kappa shape index (κ2) is 7.61. The number of likely N-dealkylation sites (tertiary alicyclic amines) is 1. The van der Waals surface area contributed by atoms with Crippen molar-refractivity contribution in [2.24, 2.45) is 11.8 Å². The molecule has 2 aliphatic rings. The summed E-state index contributed by atoms with van der Waals surface area (Å²) >= 11 is 0. The average Bonchev–Trinajstić information content (AvgIpc) is 2.61. The number of aliphatic hydroxyl groups excluding tert-OH is 1. The first-order valence-electron chi connectivity index (χ1n) is 8.34. The molecule has 0 spiro atoms. The molecule has 0 bridgehead atoms. The Bertz CT molecular complexity index is 259. The Kier molecular flexibility index (Phi) is 6.11. The van der Waals surface area contributed by atoms with Gasteiger partial charge in [0.1, 0.15) is 0 Å². The van der Waals surface area contributed by atoms with Crippen LogP contribution < -0.4 is 5.32 Å². The van der Waals surface area contributed by atoms with Crippen LogP contribution in [0.25, 0.3) is 0 Å². The quantitative estimate of drug-likeness (QED) is 0.768. The van der Waals surface area contributed by atoms with E-state index in [1.807, 2.05) is 0 Å². The number of hydrogen-bond donors (Lipinski definition) is 2. The van der Waals surface area contributed by atoms with Crippen LogP contribution in [0.15, 0.2) is 0 Å². The Morgan fingerprint density at radius 3 is 2.68 bits per heavy atom. The van der Waals surface area contributed by atoms with Gasteiger partial charge in [-0.15, -0.1) is 0 Å². The third kappa shape index (κ3) is 4.44. The van der Waals surface area contributed by atoms with Crippen LogP contribution in [0.5, 0.6) is 0 Å². The van der Waals surface area contributed by atoms with Gasteiger partial charge in [-0.05, 0) is 44.2 Å². The fourth-order valence-electron chi connectivity index (χ4n) is 3.75. The van der Waals surface area contributed by atoms with Gasteiger partial charge in [-0.25, -0.2) is 0 Å². The lowest BCUT2D eigenvalue weighted by Gasteiger charge is -2.38. The second-order valence-electron chi connectivity index (χ2n) is 6.66. The highest BCUT2D eigenvalue weighted by Gasteiger charge is 2.29. The van der Waals surface area contributed by atoms with Crippen molar-refractivity contribution < 1.29 is 5.11 Å². The Balaban J connectivity index is 1.87. The summed E-state index contributed by atoms with van der Waals surface area (Å²) in [6, 6.07) is 0.698. The van der Waals surface area contributed by atoms with Gasteiger partial charge in [0.2, 0.25) is 0 Å². The van der Waals surface area contributed by atoms with Gasteiger partial charge >= 0.3 is 0 Å². The van der Waals surface area contributed by atoms with Crippen LogP contribution in [0, 0.1) is 11.8 Å². The summed E-state index contributed by atoms with van der Waals surface area (Å²) in [5, 5.41) is 13.7. The third-order valence-corrected chi connectivity index (χ3v) is 5.12. The van der Waals surface area contributed by atoms with Gasteiger partial charge in [0, 0.05) is 19.1 Å². The van der Waals surface area contributed by atoms with Crippen molar-refractivity contribution in [2.45, 2.75) is 64.5 Å². The van der Waals surface area contributed by atoms with Gasteiger partial charge in [0.25, 0.3) is 0 Å². The fraction of sp³-hybridized carbons (Fsp3) is 1.00. The molecule has 0 amide bonds. The SMILES string of the molecule is CCNC1CCCCCC1CN1CCC(C)C(O)C1. The van der Waals surface area contributed by atoms with Gasteiger partial charge in [-0.2, -0.15) is 0 Å². The van der Waals surface area contributed by atoms with Crippen molar-refractivity contribution in [3.63, 3.8) is 0 Å². The van der Waals surface area contributed by atoms with E-state index in [2.05, 4.69) is 24.1 Å². The fourth-order valence-corrected chi connectivity index (χ4v) is 3.75. The maximum absolute atomic E-state index is 10.0. The molecule has 1 aliphatic carbocycles. The predicted octanol–water partition coefficient (Wildman–Crippen LogP) is 2.25. The van der Waals surface area contributed by atoms with E-state index in [4.69, 9.17) is 0 Å². The molecule has 1 saturated carbocycles. The summed E-state index contributed by atoms with van der Waals surface area (Å²) < 4.78 is 0. The zero-order valence-electron chi connectivity index (χ0n) is 12.8. The zero-order chi connectivity index (χ0) is 13.7. The topological polar surface area (TPSA) is 35.5 Å². The largest absolute Gasteiger partial charge is 0.392 e. The van der Waals surface area contributed by atoms with Crippen molar-refractivity contribution >= 4 is 0 Å². The number of nitrogens with one attached hydrogen (secondary N) is 1. The molecule has 0 aromatic carbocycles. The van der Waals surface area contributed by atoms with Crippen LogP contribution in [0.4, 0.5) is 0 Å². The number of piperidine rings is 1. The van der Waals surface area contributed by atoms with Crippen molar-refractivity contribution in [2.75, 3.05) is 26.2 Å². The molecule has 112 valence electrons. The number of nitrogens with zero attached hydrogens (tertiary/aromatic N) is 1. The Labute approximate surface area is 118 Å². The Morgan fingerprint density at radius 2 is 1.95 bits per heavy atom.